The minimum atomic E-state index is 0.0987. The Labute approximate surface area is 104 Å². The first-order valence-electron chi connectivity index (χ1n) is 4.73. The van der Waals surface area contributed by atoms with Crippen molar-refractivity contribution in [3.63, 3.8) is 0 Å². The summed E-state index contributed by atoms with van der Waals surface area (Å²) in [4.78, 5) is 4.39. The molecule has 1 aromatic carbocycles. The van der Waals surface area contributed by atoms with Gasteiger partial charge in [0.05, 0.1) is 0 Å². The first-order chi connectivity index (χ1) is 6.88. The topological polar surface area (TPSA) is 12.4 Å². The van der Waals surface area contributed by atoms with Crippen molar-refractivity contribution in [3.8, 4) is 0 Å². The van der Waals surface area contributed by atoms with Gasteiger partial charge in [0, 0.05) is 0 Å². The van der Waals surface area contributed by atoms with Crippen LogP contribution in [0.1, 0.15) is 26.3 Å². The third-order valence-corrected chi connectivity index (χ3v) is 2.63. The van der Waals surface area contributed by atoms with Crippen LogP contribution >= 0.6 is 11.6 Å². The quantitative estimate of drug-likeness (QED) is 0.585. The number of hydrogen-bond acceptors (Lipinski definition) is 1. The second kappa shape index (κ2) is 5.07. The molecule has 0 aliphatic heterocycles. The fourth-order valence-electron chi connectivity index (χ4n) is 0.919. The molecule has 0 amide bonds. The predicted molar refractivity (Wildman–Crippen MR) is 69.3 cm³/mol. The van der Waals surface area contributed by atoms with Crippen molar-refractivity contribution >= 4 is 37.9 Å². The van der Waals surface area contributed by atoms with Crippen LogP contribution in [-0.4, -0.2) is 26.3 Å². The average Bonchev–Trinajstić information content (AvgIpc) is 2.14. The second-order valence-electron chi connectivity index (χ2n) is 4.44. The van der Waals surface area contributed by atoms with Crippen molar-refractivity contribution < 1.29 is 0 Å². The monoisotopic (exact) mass is 287 g/mol. The molecule has 1 aromatic rings. The van der Waals surface area contributed by atoms with Crippen molar-refractivity contribution in [2.45, 2.75) is 20.8 Å². The van der Waals surface area contributed by atoms with Crippen molar-refractivity contribution in [1.82, 2.24) is 0 Å². The van der Waals surface area contributed by atoms with E-state index in [1.807, 2.05) is 30.5 Å². The predicted octanol–water partition coefficient (Wildman–Crippen LogP) is 3.10. The molecule has 1 nitrogen and oxygen atoms in total. The van der Waals surface area contributed by atoms with Crippen LogP contribution < -0.4 is 0 Å². The van der Waals surface area contributed by atoms with Crippen LogP contribution in [0.15, 0.2) is 29.3 Å². The Hall–Kier alpha value is -0.431. The van der Waals surface area contributed by atoms with Crippen LogP contribution in [0.2, 0.25) is 5.02 Å². The average molecular weight is 287 g/mol. The van der Waals surface area contributed by atoms with Crippen LogP contribution in [0, 0.1) is 5.41 Å². The number of halogens is 1. The van der Waals surface area contributed by atoms with Crippen molar-refractivity contribution in [2.24, 2.45) is 10.4 Å². The van der Waals surface area contributed by atoms with Gasteiger partial charge in [-0.2, -0.15) is 0 Å². The Morgan fingerprint density at radius 2 is 1.80 bits per heavy atom. The van der Waals surface area contributed by atoms with Crippen molar-refractivity contribution in [2.75, 3.05) is 0 Å². The van der Waals surface area contributed by atoms with Crippen molar-refractivity contribution in [1.29, 1.82) is 0 Å². The molecule has 0 spiro atoms. The van der Waals surface area contributed by atoms with Gasteiger partial charge in [0.2, 0.25) is 0 Å². The molecule has 0 aliphatic rings. The Morgan fingerprint density at radius 1 is 1.27 bits per heavy atom. The first-order valence-corrected chi connectivity index (χ1v) is 5.97. The molecule has 3 heteroatoms. The zero-order valence-corrected chi connectivity index (χ0v) is 11.6. The van der Waals surface area contributed by atoms with Gasteiger partial charge in [-0.05, 0) is 0 Å². The summed E-state index contributed by atoms with van der Waals surface area (Å²) in [5, 5.41) is 0.742. The third-order valence-electron chi connectivity index (χ3n) is 1.66. The van der Waals surface area contributed by atoms with Gasteiger partial charge < -0.3 is 0 Å². The molecule has 0 fully saturated rings. The van der Waals surface area contributed by atoms with E-state index in [-0.39, 0.29) is 5.41 Å². The van der Waals surface area contributed by atoms with Gasteiger partial charge in [-0.3, -0.25) is 0 Å². The fourth-order valence-corrected chi connectivity index (χ4v) is 1.44. The van der Waals surface area contributed by atoms with Gasteiger partial charge in [0.15, 0.2) is 0 Å². The zero-order valence-electron chi connectivity index (χ0n) is 9.12. The molecule has 1 rings (SSSR count). The summed E-state index contributed by atoms with van der Waals surface area (Å²) in [6, 6.07) is 7.63. The number of nitrogens with zero attached hydrogens (tertiary/aromatic N) is 1. The van der Waals surface area contributed by atoms with Gasteiger partial charge in [0.1, 0.15) is 0 Å². The van der Waals surface area contributed by atoms with Gasteiger partial charge in [-0.15, -0.1) is 0 Å². The molecule has 15 heavy (non-hydrogen) atoms. The summed E-state index contributed by atoms with van der Waals surface area (Å²) in [7, 11) is 0. The molecule has 0 bridgehead atoms. The van der Waals surface area contributed by atoms with Gasteiger partial charge in [-0.1, -0.05) is 0 Å². The van der Waals surface area contributed by atoms with Gasteiger partial charge in [-0.25, -0.2) is 0 Å². The van der Waals surface area contributed by atoms with Crippen LogP contribution in [0.3, 0.4) is 0 Å². The van der Waals surface area contributed by atoms with E-state index >= 15 is 0 Å². The summed E-state index contributed by atoms with van der Waals surface area (Å²) < 4.78 is 0.890. The molecule has 0 radical (unpaired) electrons. The van der Waals surface area contributed by atoms with E-state index in [2.05, 4.69) is 41.3 Å². The normalized spacial score (nSPS) is 12.0. The third kappa shape index (κ3) is 4.74. The van der Waals surface area contributed by atoms with E-state index in [4.69, 9.17) is 11.6 Å². The molecule has 0 saturated heterocycles. The van der Waals surface area contributed by atoms with Crippen LogP contribution in [0.4, 0.5) is 0 Å². The minimum absolute atomic E-state index is 0.0987. The van der Waals surface area contributed by atoms with E-state index in [0.717, 1.165) is 15.1 Å². The van der Waals surface area contributed by atoms with Gasteiger partial charge >= 0.3 is 104 Å². The summed E-state index contributed by atoms with van der Waals surface area (Å²) in [5.74, 6) is 0. The Bertz CT molecular complexity index is 374. The van der Waals surface area contributed by atoms with Gasteiger partial charge in [0.25, 0.3) is 0 Å². The fraction of sp³-hybridized carbons (Fsp3) is 0.333. The Balaban J connectivity index is 2.78. The van der Waals surface area contributed by atoms with Crippen LogP contribution in [-0.2, 0) is 0 Å². The standard InChI is InChI=1S/C12H14ClNSe/c1-12(2,3)8-14-11(15)9-4-6-10(13)7-5-9/h4-8H,1-3H3. The SMILES string of the molecule is CC(C)(C)C=NC(=[Se])c1ccc(Cl)cc1. The number of rotatable bonds is 2. The van der Waals surface area contributed by atoms with Crippen molar-refractivity contribution in [3.05, 3.63) is 34.9 Å². The molecule has 80 valence electrons. The van der Waals surface area contributed by atoms with E-state index in [1.165, 1.54) is 0 Å². The maximum absolute atomic E-state index is 5.81. The molecular formula is C12H14ClNSe. The summed E-state index contributed by atoms with van der Waals surface area (Å²) in [5.41, 5.74) is 1.15. The molecule has 0 unspecified atom stereocenters. The molecule has 0 aromatic heterocycles. The van der Waals surface area contributed by atoms with E-state index < -0.39 is 0 Å². The molecular weight excluding hydrogens is 273 g/mol. The molecule has 0 heterocycles. The number of aliphatic imine (C=N–C) groups is 1. The molecule has 0 N–H and O–H groups in total. The van der Waals surface area contributed by atoms with E-state index in [1.54, 1.807) is 0 Å². The Kier molecular flexibility index (Phi) is 4.27. The maximum atomic E-state index is 5.81. The van der Waals surface area contributed by atoms with E-state index in [9.17, 15) is 0 Å². The van der Waals surface area contributed by atoms with Crippen LogP contribution in [0.25, 0.3) is 0 Å². The zero-order chi connectivity index (χ0) is 11.5. The molecule has 0 saturated carbocycles. The molecule has 0 aliphatic carbocycles. The van der Waals surface area contributed by atoms with Crippen LogP contribution in [0.5, 0.6) is 0 Å². The number of benzene rings is 1. The first kappa shape index (κ1) is 12.6. The van der Waals surface area contributed by atoms with E-state index in [0.29, 0.717) is 0 Å². The summed E-state index contributed by atoms with van der Waals surface area (Å²) in [6.45, 7) is 6.35. The second-order valence-corrected chi connectivity index (χ2v) is 5.68. The summed E-state index contributed by atoms with van der Waals surface area (Å²) in [6.07, 6.45) is 1.94. The number of hydrogen-bond donors (Lipinski definition) is 0. The molecule has 0 atom stereocenters. The Morgan fingerprint density at radius 3 is 2.27 bits per heavy atom. The summed E-state index contributed by atoms with van der Waals surface area (Å²) >= 11 is 8.77.